The summed E-state index contributed by atoms with van der Waals surface area (Å²) in [6, 6.07) is 4.96. The van der Waals surface area contributed by atoms with Crippen LogP contribution in [-0.2, 0) is 0 Å². The van der Waals surface area contributed by atoms with E-state index < -0.39 is 34.2 Å². The van der Waals surface area contributed by atoms with Crippen molar-refractivity contribution in [2.24, 2.45) is 0 Å². The first kappa shape index (κ1) is 20.2. The summed E-state index contributed by atoms with van der Waals surface area (Å²) in [5.41, 5.74) is 0.411. The zero-order chi connectivity index (χ0) is 20.6. The van der Waals surface area contributed by atoms with Crippen molar-refractivity contribution >= 4 is 11.8 Å². The van der Waals surface area contributed by atoms with E-state index in [0.717, 1.165) is 0 Å². The Morgan fingerprint density at radius 1 is 0.929 bits per heavy atom. The Morgan fingerprint density at radius 2 is 1.50 bits per heavy atom. The molecular formula is C17H14F5N5S. The Labute approximate surface area is 161 Å². The molecule has 0 aliphatic rings. The number of rotatable bonds is 5. The fraction of sp³-hybridized carbons (Fsp3) is 0.235. The van der Waals surface area contributed by atoms with Gasteiger partial charge in [0.2, 0.25) is 5.16 Å². The molecular weight excluding hydrogens is 401 g/mol. The number of pyridine rings is 1. The van der Waals surface area contributed by atoms with E-state index in [2.05, 4.69) is 15.2 Å². The van der Waals surface area contributed by atoms with Gasteiger partial charge in [0.05, 0.1) is 10.9 Å². The van der Waals surface area contributed by atoms with Gasteiger partial charge in [-0.05, 0) is 57.0 Å². The SMILES string of the molecule is CC(c1nnc(Sc2c(F)c(F)nc(F)c2F)n1-c1ccc(F)cc1)N(C)C. The second-order valence-corrected chi connectivity index (χ2v) is 7.02. The molecule has 1 aromatic carbocycles. The van der Waals surface area contributed by atoms with Crippen molar-refractivity contribution in [2.75, 3.05) is 14.1 Å². The van der Waals surface area contributed by atoms with Crippen molar-refractivity contribution in [1.82, 2.24) is 24.6 Å². The number of halogens is 5. The van der Waals surface area contributed by atoms with Crippen LogP contribution in [0.15, 0.2) is 34.3 Å². The van der Waals surface area contributed by atoms with Crippen LogP contribution in [0, 0.1) is 29.3 Å². The number of hydrogen-bond donors (Lipinski definition) is 0. The molecule has 148 valence electrons. The van der Waals surface area contributed by atoms with Gasteiger partial charge in [-0.3, -0.25) is 9.47 Å². The lowest BCUT2D eigenvalue weighted by atomic mass is 10.2. The molecule has 0 radical (unpaired) electrons. The first-order chi connectivity index (χ1) is 13.2. The van der Waals surface area contributed by atoms with Crippen LogP contribution in [0.2, 0.25) is 0 Å². The Kier molecular flexibility index (Phi) is 5.66. The molecule has 0 spiro atoms. The Morgan fingerprint density at radius 3 is 2.04 bits per heavy atom. The molecule has 0 aliphatic carbocycles. The zero-order valence-electron chi connectivity index (χ0n) is 14.9. The van der Waals surface area contributed by atoms with Crippen LogP contribution in [0.1, 0.15) is 18.8 Å². The lowest BCUT2D eigenvalue weighted by Crippen LogP contribution is -2.20. The van der Waals surface area contributed by atoms with Gasteiger partial charge >= 0.3 is 0 Å². The molecule has 0 saturated carbocycles. The minimum Gasteiger partial charge on any atom is -0.300 e. The highest BCUT2D eigenvalue weighted by atomic mass is 32.2. The van der Waals surface area contributed by atoms with Gasteiger partial charge in [0.15, 0.2) is 17.5 Å². The van der Waals surface area contributed by atoms with Crippen molar-refractivity contribution in [3.05, 3.63) is 59.4 Å². The normalized spacial score (nSPS) is 12.6. The third-order valence-electron chi connectivity index (χ3n) is 4.04. The summed E-state index contributed by atoms with van der Waals surface area (Å²) < 4.78 is 69.7. The topological polar surface area (TPSA) is 46.8 Å². The van der Waals surface area contributed by atoms with Crippen molar-refractivity contribution in [1.29, 1.82) is 0 Å². The second-order valence-electron chi connectivity index (χ2n) is 6.04. The molecule has 3 aromatic rings. The lowest BCUT2D eigenvalue weighted by Gasteiger charge is -2.20. The molecule has 28 heavy (non-hydrogen) atoms. The first-order valence-electron chi connectivity index (χ1n) is 7.96. The third-order valence-corrected chi connectivity index (χ3v) is 5.05. The smallest absolute Gasteiger partial charge is 0.252 e. The quantitative estimate of drug-likeness (QED) is 0.463. The molecule has 11 heteroatoms. The van der Waals surface area contributed by atoms with Gasteiger partial charge in [-0.25, -0.2) is 13.2 Å². The van der Waals surface area contributed by atoms with Crippen LogP contribution in [0.3, 0.4) is 0 Å². The predicted molar refractivity (Wildman–Crippen MR) is 91.6 cm³/mol. The van der Waals surface area contributed by atoms with Crippen LogP contribution in [0.4, 0.5) is 22.0 Å². The van der Waals surface area contributed by atoms with Crippen molar-refractivity contribution in [2.45, 2.75) is 23.0 Å². The van der Waals surface area contributed by atoms with Crippen LogP contribution in [0.25, 0.3) is 5.69 Å². The van der Waals surface area contributed by atoms with Crippen LogP contribution in [0.5, 0.6) is 0 Å². The Bertz CT molecular complexity index is 980. The standard InChI is InChI=1S/C17H14F5N5S/c1-8(26(2)3)16-24-25-17(27(16)10-6-4-9(18)5-7-10)28-13-11(19)14(21)23-15(22)12(13)20/h4-8H,1-3H3. The number of aromatic nitrogens is 4. The number of nitrogens with zero attached hydrogens (tertiary/aromatic N) is 5. The summed E-state index contributed by atoms with van der Waals surface area (Å²) in [5.74, 6) is -6.91. The summed E-state index contributed by atoms with van der Waals surface area (Å²) >= 11 is 0.352. The average molecular weight is 415 g/mol. The van der Waals surface area contributed by atoms with E-state index in [-0.39, 0.29) is 11.2 Å². The average Bonchev–Trinajstić information content (AvgIpc) is 3.07. The van der Waals surface area contributed by atoms with Crippen molar-refractivity contribution in [3.8, 4) is 5.69 Å². The van der Waals surface area contributed by atoms with Gasteiger partial charge in [-0.2, -0.15) is 13.8 Å². The van der Waals surface area contributed by atoms with E-state index in [0.29, 0.717) is 23.3 Å². The van der Waals surface area contributed by atoms with E-state index in [1.54, 1.807) is 14.1 Å². The Hall–Kier alpha value is -2.53. The van der Waals surface area contributed by atoms with E-state index in [9.17, 15) is 22.0 Å². The minimum atomic E-state index is -1.77. The van der Waals surface area contributed by atoms with Gasteiger partial charge in [0.1, 0.15) is 5.82 Å². The highest BCUT2D eigenvalue weighted by Gasteiger charge is 2.26. The molecule has 2 aromatic heterocycles. The monoisotopic (exact) mass is 415 g/mol. The first-order valence-corrected chi connectivity index (χ1v) is 8.77. The summed E-state index contributed by atoms with van der Waals surface area (Å²) in [5, 5.41) is 7.90. The zero-order valence-corrected chi connectivity index (χ0v) is 15.7. The van der Waals surface area contributed by atoms with Crippen LogP contribution >= 0.6 is 11.8 Å². The summed E-state index contributed by atoms with van der Waals surface area (Å²) in [6.45, 7) is 1.81. The van der Waals surface area contributed by atoms with E-state index in [4.69, 9.17) is 0 Å². The van der Waals surface area contributed by atoms with Gasteiger partial charge in [-0.15, -0.1) is 10.2 Å². The molecule has 0 amide bonds. The fourth-order valence-corrected chi connectivity index (χ4v) is 3.23. The predicted octanol–water partition coefficient (Wildman–Crippen LogP) is 4.13. The summed E-state index contributed by atoms with van der Waals surface area (Å²) in [4.78, 5) is 3.41. The minimum absolute atomic E-state index is 0.0573. The molecule has 1 atom stereocenters. The molecule has 0 saturated heterocycles. The van der Waals surface area contributed by atoms with Crippen molar-refractivity contribution < 1.29 is 22.0 Å². The van der Waals surface area contributed by atoms with E-state index in [1.165, 1.54) is 28.8 Å². The van der Waals surface area contributed by atoms with Gasteiger partial charge in [0, 0.05) is 5.69 Å². The van der Waals surface area contributed by atoms with Crippen LogP contribution in [-0.4, -0.2) is 38.7 Å². The molecule has 0 aliphatic heterocycles. The maximum Gasteiger partial charge on any atom is 0.252 e. The molecule has 0 N–H and O–H groups in total. The second kappa shape index (κ2) is 7.84. The fourth-order valence-electron chi connectivity index (χ4n) is 2.33. The largest absolute Gasteiger partial charge is 0.300 e. The van der Waals surface area contributed by atoms with Gasteiger partial charge in [0.25, 0.3) is 11.9 Å². The highest BCUT2D eigenvalue weighted by molar-refractivity contribution is 7.99. The van der Waals surface area contributed by atoms with E-state index >= 15 is 0 Å². The maximum absolute atomic E-state index is 14.0. The van der Waals surface area contributed by atoms with Gasteiger partial charge < -0.3 is 0 Å². The molecule has 2 heterocycles. The summed E-state index contributed by atoms with van der Waals surface area (Å²) in [7, 11) is 3.57. The maximum atomic E-state index is 14.0. The molecule has 5 nitrogen and oxygen atoms in total. The highest BCUT2D eigenvalue weighted by Crippen LogP contribution is 2.35. The van der Waals surface area contributed by atoms with Gasteiger partial charge in [-0.1, -0.05) is 0 Å². The Balaban J connectivity index is 2.16. The number of benzene rings is 1. The van der Waals surface area contributed by atoms with Crippen LogP contribution < -0.4 is 0 Å². The molecule has 3 rings (SSSR count). The third kappa shape index (κ3) is 3.72. The lowest BCUT2D eigenvalue weighted by molar-refractivity contribution is 0.305. The molecule has 0 bridgehead atoms. The summed E-state index contributed by atoms with van der Waals surface area (Å²) in [6.07, 6.45) is 0. The van der Waals surface area contributed by atoms with E-state index in [1.807, 2.05) is 11.8 Å². The van der Waals surface area contributed by atoms with Crippen molar-refractivity contribution in [3.63, 3.8) is 0 Å². The number of hydrogen-bond acceptors (Lipinski definition) is 5. The molecule has 0 fully saturated rings. The molecule has 1 unspecified atom stereocenters.